The number of aliphatic hydroxyl groups is 1. The molecule has 6 nitrogen and oxygen atoms in total. The number of carbonyl (C=O) groups excluding carboxylic acids is 1. The predicted molar refractivity (Wildman–Crippen MR) is 112 cm³/mol. The van der Waals surface area contributed by atoms with E-state index in [0.717, 1.165) is 12.1 Å². The van der Waals surface area contributed by atoms with Crippen LogP contribution in [0, 0.1) is 5.92 Å². The maximum atomic E-state index is 11.6. The summed E-state index contributed by atoms with van der Waals surface area (Å²) in [5, 5.41) is 19.6. The molecule has 0 aliphatic carbocycles. The first kappa shape index (κ1) is 23.0. The lowest BCUT2D eigenvalue weighted by Crippen LogP contribution is -2.42. The van der Waals surface area contributed by atoms with Gasteiger partial charge in [-0.25, -0.2) is 0 Å². The summed E-state index contributed by atoms with van der Waals surface area (Å²) >= 11 is 0. The van der Waals surface area contributed by atoms with Crippen molar-refractivity contribution in [2.75, 3.05) is 26.2 Å². The lowest BCUT2D eigenvalue weighted by Gasteiger charge is -2.20. The zero-order chi connectivity index (χ0) is 20.4. The molecule has 1 rings (SSSR count). The molecule has 1 aromatic rings. The first-order valence-electron chi connectivity index (χ1n) is 9.73. The number of nitrogens with zero attached hydrogens (tertiary/aromatic N) is 1. The molecule has 0 spiro atoms. The van der Waals surface area contributed by atoms with E-state index in [2.05, 4.69) is 53.8 Å². The SMILES string of the molecule is CCNC(=NCC(O)c1ccc(C(C)(C)C)cc1)NCCNC(=O)C(C)C. The molecule has 0 aromatic heterocycles. The van der Waals surface area contributed by atoms with E-state index >= 15 is 0 Å². The Morgan fingerprint density at radius 1 is 1.07 bits per heavy atom. The molecule has 0 heterocycles. The van der Waals surface area contributed by atoms with Gasteiger partial charge in [0.2, 0.25) is 5.91 Å². The van der Waals surface area contributed by atoms with Crippen molar-refractivity contribution in [3.05, 3.63) is 35.4 Å². The van der Waals surface area contributed by atoms with Gasteiger partial charge in [-0.1, -0.05) is 58.9 Å². The van der Waals surface area contributed by atoms with Crippen LogP contribution in [0.5, 0.6) is 0 Å². The van der Waals surface area contributed by atoms with Crippen molar-refractivity contribution >= 4 is 11.9 Å². The van der Waals surface area contributed by atoms with Gasteiger partial charge in [0, 0.05) is 25.6 Å². The topological polar surface area (TPSA) is 85.8 Å². The highest BCUT2D eigenvalue weighted by Gasteiger charge is 2.14. The molecule has 1 aromatic carbocycles. The molecule has 27 heavy (non-hydrogen) atoms. The molecular formula is C21H36N4O2. The molecule has 0 bridgehead atoms. The molecule has 0 saturated heterocycles. The highest BCUT2D eigenvalue weighted by Crippen LogP contribution is 2.24. The quantitative estimate of drug-likeness (QED) is 0.319. The first-order chi connectivity index (χ1) is 12.6. The van der Waals surface area contributed by atoms with Crippen molar-refractivity contribution in [2.45, 2.75) is 53.1 Å². The Hall–Kier alpha value is -2.08. The minimum atomic E-state index is -0.657. The van der Waals surface area contributed by atoms with Gasteiger partial charge in [0.15, 0.2) is 5.96 Å². The molecule has 0 aliphatic heterocycles. The Kier molecular flexibility index (Phi) is 9.29. The summed E-state index contributed by atoms with van der Waals surface area (Å²) in [6.07, 6.45) is -0.657. The number of hydrogen-bond donors (Lipinski definition) is 4. The van der Waals surface area contributed by atoms with E-state index in [-0.39, 0.29) is 23.8 Å². The minimum absolute atomic E-state index is 0.0216. The van der Waals surface area contributed by atoms with Crippen LogP contribution in [-0.4, -0.2) is 43.2 Å². The molecule has 0 radical (unpaired) electrons. The summed E-state index contributed by atoms with van der Waals surface area (Å²) in [5.41, 5.74) is 2.18. The summed E-state index contributed by atoms with van der Waals surface area (Å²) in [5.74, 6) is 0.640. The molecule has 1 unspecified atom stereocenters. The van der Waals surface area contributed by atoms with E-state index in [1.54, 1.807) is 0 Å². The molecular weight excluding hydrogens is 340 g/mol. The summed E-state index contributed by atoms with van der Waals surface area (Å²) in [6.45, 7) is 14.3. The van der Waals surface area contributed by atoms with Crippen LogP contribution in [0.2, 0.25) is 0 Å². The van der Waals surface area contributed by atoms with Gasteiger partial charge in [-0.3, -0.25) is 9.79 Å². The minimum Gasteiger partial charge on any atom is -0.386 e. The van der Waals surface area contributed by atoms with Gasteiger partial charge in [0.05, 0.1) is 12.6 Å². The van der Waals surface area contributed by atoms with Gasteiger partial charge >= 0.3 is 0 Å². The van der Waals surface area contributed by atoms with Crippen molar-refractivity contribution in [2.24, 2.45) is 10.9 Å². The third-order valence-corrected chi connectivity index (χ3v) is 4.17. The smallest absolute Gasteiger partial charge is 0.222 e. The number of rotatable bonds is 8. The zero-order valence-electron chi connectivity index (χ0n) is 17.6. The Labute approximate surface area is 163 Å². The highest BCUT2D eigenvalue weighted by atomic mass is 16.3. The van der Waals surface area contributed by atoms with E-state index in [9.17, 15) is 9.90 Å². The molecule has 0 saturated carbocycles. The fraction of sp³-hybridized carbons (Fsp3) is 0.619. The van der Waals surface area contributed by atoms with E-state index in [0.29, 0.717) is 19.0 Å². The molecule has 1 amide bonds. The Morgan fingerprint density at radius 3 is 2.19 bits per heavy atom. The van der Waals surface area contributed by atoms with Gasteiger partial charge in [0.1, 0.15) is 0 Å². The number of carbonyl (C=O) groups is 1. The van der Waals surface area contributed by atoms with Crippen molar-refractivity contribution in [3.63, 3.8) is 0 Å². The molecule has 152 valence electrons. The van der Waals surface area contributed by atoms with Crippen LogP contribution in [0.25, 0.3) is 0 Å². The Balaban J connectivity index is 2.57. The lowest BCUT2D eigenvalue weighted by molar-refractivity contribution is -0.123. The van der Waals surface area contributed by atoms with Gasteiger partial charge in [-0.2, -0.15) is 0 Å². The fourth-order valence-corrected chi connectivity index (χ4v) is 2.40. The molecule has 0 fully saturated rings. The largest absolute Gasteiger partial charge is 0.386 e. The van der Waals surface area contributed by atoms with Crippen LogP contribution in [0.1, 0.15) is 58.8 Å². The number of aliphatic imine (C=N–C) groups is 1. The average molecular weight is 377 g/mol. The van der Waals surface area contributed by atoms with Crippen LogP contribution >= 0.6 is 0 Å². The van der Waals surface area contributed by atoms with E-state index in [1.165, 1.54) is 5.56 Å². The summed E-state index contributed by atoms with van der Waals surface area (Å²) in [7, 11) is 0. The van der Waals surface area contributed by atoms with E-state index < -0.39 is 6.10 Å². The number of aliphatic hydroxyl groups excluding tert-OH is 1. The third kappa shape index (κ3) is 8.43. The Morgan fingerprint density at radius 2 is 1.67 bits per heavy atom. The summed E-state index contributed by atoms with van der Waals surface area (Å²) in [4.78, 5) is 16.0. The van der Waals surface area contributed by atoms with Crippen LogP contribution < -0.4 is 16.0 Å². The predicted octanol–water partition coefficient (Wildman–Crippen LogP) is 2.34. The summed E-state index contributed by atoms with van der Waals surface area (Å²) < 4.78 is 0. The maximum Gasteiger partial charge on any atom is 0.222 e. The highest BCUT2D eigenvalue weighted by molar-refractivity contribution is 5.80. The van der Waals surface area contributed by atoms with Crippen LogP contribution in [-0.2, 0) is 10.2 Å². The second-order valence-corrected chi connectivity index (χ2v) is 7.98. The molecule has 1 atom stereocenters. The number of amides is 1. The van der Waals surface area contributed by atoms with Gasteiger partial charge in [-0.15, -0.1) is 0 Å². The van der Waals surface area contributed by atoms with Crippen LogP contribution in [0.3, 0.4) is 0 Å². The van der Waals surface area contributed by atoms with E-state index in [1.807, 2.05) is 32.9 Å². The van der Waals surface area contributed by atoms with Crippen molar-refractivity contribution < 1.29 is 9.90 Å². The second-order valence-electron chi connectivity index (χ2n) is 7.98. The third-order valence-electron chi connectivity index (χ3n) is 4.17. The number of hydrogen-bond acceptors (Lipinski definition) is 3. The van der Waals surface area contributed by atoms with Crippen LogP contribution in [0.4, 0.5) is 0 Å². The normalized spacial score (nSPS) is 13.4. The zero-order valence-corrected chi connectivity index (χ0v) is 17.6. The first-order valence-corrected chi connectivity index (χ1v) is 9.73. The standard InChI is InChI=1S/C21H36N4O2/c1-7-22-20(24-13-12-23-19(27)15(2)3)25-14-18(26)16-8-10-17(11-9-16)21(4,5)6/h8-11,15,18,26H,7,12-14H2,1-6H3,(H,23,27)(H2,22,24,25). The van der Waals surface area contributed by atoms with Crippen molar-refractivity contribution in [1.82, 2.24) is 16.0 Å². The van der Waals surface area contributed by atoms with Gasteiger partial charge < -0.3 is 21.1 Å². The number of nitrogens with one attached hydrogen (secondary N) is 3. The van der Waals surface area contributed by atoms with Gasteiger partial charge in [-0.05, 0) is 23.5 Å². The molecule has 4 N–H and O–H groups in total. The van der Waals surface area contributed by atoms with Crippen molar-refractivity contribution in [1.29, 1.82) is 0 Å². The number of benzene rings is 1. The van der Waals surface area contributed by atoms with Crippen molar-refractivity contribution in [3.8, 4) is 0 Å². The number of guanidine groups is 1. The van der Waals surface area contributed by atoms with Crippen LogP contribution in [0.15, 0.2) is 29.3 Å². The lowest BCUT2D eigenvalue weighted by atomic mass is 9.86. The Bertz CT molecular complexity index is 604. The fourth-order valence-electron chi connectivity index (χ4n) is 2.40. The monoisotopic (exact) mass is 376 g/mol. The average Bonchev–Trinajstić information content (AvgIpc) is 2.61. The summed E-state index contributed by atoms with van der Waals surface area (Å²) in [6, 6.07) is 8.04. The van der Waals surface area contributed by atoms with E-state index in [4.69, 9.17) is 0 Å². The second kappa shape index (κ2) is 10.9. The molecule has 6 heteroatoms. The molecule has 0 aliphatic rings. The van der Waals surface area contributed by atoms with Gasteiger partial charge in [0.25, 0.3) is 0 Å². The maximum absolute atomic E-state index is 11.6.